The van der Waals surface area contributed by atoms with Crippen LogP contribution in [0, 0.1) is 16.7 Å². The summed E-state index contributed by atoms with van der Waals surface area (Å²) in [6.45, 7) is 6.30. The summed E-state index contributed by atoms with van der Waals surface area (Å²) in [6.07, 6.45) is -5.68. The first kappa shape index (κ1) is 43.5. The normalized spacial score (nSPS) is 18.7. The van der Waals surface area contributed by atoms with Gasteiger partial charge in [0.1, 0.15) is 36.5 Å². The third kappa shape index (κ3) is 10.2. The SMILES string of the molecule is CC1(C)CN(Cc2ccc(OCCOCCOCCOCCOc3cccc4c3C(=O)N(C3CCC(=O)NC3=O)C4=O)cc2)C(=O)C1Oc1ccc(C#N)c(C(F)(F)F)c1. The van der Waals surface area contributed by atoms with Crippen molar-refractivity contribution in [3.8, 4) is 23.3 Å². The van der Waals surface area contributed by atoms with Crippen molar-refractivity contribution in [2.75, 3.05) is 59.4 Å². The second kappa shape index (κ2) is 18.9. The molecule has 15 nitrogen and oxygen atoms in total. The van der Waals surface area contributed by atoms with Gasteiger partial charge in [-0.25, -0.2) is 0 Å². The van der Waals surface area contributed by atoms with Crippen molar-refractivity contribution in [1.82, 2.24) is 15.1 Å². The molecule has 0 aliphatic carbocycles. The molecule has 0 bridgehead atoms. The van der Waals surface area contributed by atoms with Crippen molar-refractivity contribution in [2.45, 2.75) is 51.6 Å². The number of piperidine rings is 1. The Hall–Kier alpha value is -6.03. The van der Waals surface area contributed by atoms with Crippen LogP contribution in [-0.4, -0.2) is 111 Å². The van der Waals surface area contributed by atoms with Crippen molar-refractivity contribution in [1.29, 1.82) is 5.26 Å². The smallest absolute Gasteiger partial charge is 0.417 e. The van der Waals surface area contributed by atoms with Crippen molar-refractivity contribution in [3.63, 3.8) is 0 Å². The third-order valence-electron chi connectivity index (χ3n) is 9.97. The number of rotatable bonds is 19. The molecule has 0 aromatic heterocycles. The Morgan fingerprint density at radius 3 is 2.08 bits per heavy atom. The van der Waals surface area contributed by atoms with Gasteiger partial charge >= 0.3 is 6.18 Å². The predicted molar refractivity (Wildman–Crippen MR) is 203 cm³/mol. The molecule has 3 heterocycles. The molecular weight excluding hydrogens is 793 g/mol. The summed E-state index contributed by atoms with van der Waals surface area (Å²) in [7, 11) is 0. The molecule has 0 radical (unpaired) electrons. The average molecular weight is 837 g/mol. The van der Waals surface area contributed by atoms with E-state index in [-0.39, 0.29) is 74.3 Å². The van der Waals surface area contributed by atoms with E-state index in [1.165, 1.54) is 18.2 Å². The highest BCUT2D eigenvalue weighted by Gasteiger charge is 2.49. The van der Waals surface area contributed by atoms with Crippen molar-refractivity contribution >= 4 is 29.5 Å². The van der Waals surface area contributed by atoms with Crippen LogP contribution >= 0.6 is 0 Å². The van der Waals surface area contributed by atoms with Gasteiger partial charge in [-0.05, 0) is 54.4 Å². The van der Waals surface area contributed by atoms with Gasteiger partial charge in [-0.2, -0.15) is 18.4 Å². The van der Waals surface area contributed by atoms with Crippen LogP contribution in [0.2, 0.25) is 0 Å². The van der Waals surface area contributed by atoms with Crippen LogP contribution in [0.25, 0.3) is 0 Å². The minimum atomic E-state index is -4.75. The Kier molecular flexibility index (Phi) is 13.7. The van der Waals surface area contributed by atoms with Gasteiger partial charge in [0, 0.05) is 24.9 Å². The van der Waals surface area contributed by atoms with Crippen LogP contribution in [0.3, 0.4) is 0 Å². The standard InChI is InChI=1S/C42H43F3N4O11/c1-41(2)25-48(40(54)36(41)60-29-11-8-27(23-46)31(22-29)42(43,44)45)24-26-6-9-28(10-7-26)58-20-18-56-16-14-55-15-17-57-19-21-59-33-5-3-4-30-35(33)39(53)49(38(30)52)32-12-13-34(50)47-37(32)51/h3-11,22,32,36H,12-21,24-25H2,1-2H3,(H,47,50,51). The first-order valence-electron chi connectivity index (χ1n) is 19.2. The summed E-state index contributed by atoms with van der Waals surface area (Å²) in [6, 6.07) is 15.3. The molecule has 18 heteroatoms. The Bertz CT molecular complexity index is 2140. The molecule has 6 rings (SSSR count). The number of nitrogens with one attached hydrogen (secondary N) is 1. The molecule has 3 aliphatic heterocycles. The number of alkyl halides is 3. The van der Waals surface area contributed by atoms with Crippen LogP contribution in [0.1, 0.15) is 64.1 Å². The van der Waals surface area contributed by atoms with Gasteiger partial charge in [0.15, 0.2) is 6.10 Å². The third-order valence-corrected chi connectivity index (χ3v) is 9.97. The highest BCUT2D eigenvalue weighted by atomic mass is 19.4. The number of amides is 5. The number of hydrogen-bond acceptors (Lipinski definition) is 12. The molecule has 60 heavy (non-hydrogen) atoms. The Labute approximate surface area is 343 Å². The van der Waals surface area contributed by atoms with Crippen LogP contribution < -0.4 is 19.5 Å². The fourth-order valence-electron chi connectivity index (χ4n) is 7.05. The monoisotopic (exact) mass is 836 g/mol. The molecule has 0 spiro atoms. The first-order valence-corrected chi connectivity index (χ1v) is 19.2. The quantitative estimate of drug-likeness (QED) is 0.134. The highest BCUT2D eigenvalue weighted by molar-refractivity contribution is 6.24. The van der Waals surface area contributed by atoms with E-state index >= 15 is 0 Å². The second-order valence-electron chi connectivity index (χ2n) is 14.8. The zero-order chi connectivity index (χ0) is 43.0. The van der Waals surface area contributed by atoms with Gasteiger partial charge in [0.25, 0.3) is 17.7 Å². The molecule has 2 fully saturated rings. The maximum Gasteiger partial charge on any atom is 0.417 e. The van der Waals surface area contributed by atoms with E-state index < -0.39 is 58.5 Å². The molecule has 3 aromatic rings. The van der Waals surface area contributed by atoms with Crippen LogP contribution in [-0.2, 0) is 41.3 Å². The van der Waals surface area contributed by atoms with Crippen LogP contribution in [0.4, 0.5) is 13.2 Å². The zero-order valence-corrected chi connectivity index (χ0v) is 32.9. The number of fused-ring (bicyclic) bond motifs is 1. The molecule has 2 unspecified atom stereocenters. The largest absolute Gasteiger partial charge is 0.491 e. The van der Waals surface area contributed by atoms with Gasteiger partial charge in [-0.15, -0.1) is 0 Å². The number of nitriles is 1. The molecule has 318 valence electrons. The number of carbonyl (C=O) groups excluding carboxylic acids is 5. The summed E-state index contributed by atoms with van der Waals surface area (Å²) in [5.41, 5.74) is -1.33. The van der Waals surface area contributed by atoms with E-state index in [1.807, 2.05) is 26.0 Å². The summed E-state index contributed by atoms with van der Waals surface area (Å²) < 4.78 is 74.3. The lowest BCUT2D eigenvalue weighted by molar-refractivity contribution is -0.138. The molecule has 3 aromatic carbocycles. The lowest BCUT2D eigenvalue weighted by atomic mass is 9.89. The Morgan fingerprint density at radius 1 is 0.817 bits per heavy atom. The average Bonchev–Trinajstić information content (AvgIpc) is 3.59. The minimum absolute atomic E-state index is 0.0268. The maximum atomic E-state index is 13.5. The van der Waals surface area contributed by atoms with E-state index in [2.05, 4.69) is 5.32 Å². The fourth-order valence-corrected chi connectivity index (χ4v) is 7.05. The van der Waals surface area contributed by atoms with Gasteiger partial charge in [-0.3, -0.25) is 34.2 Å². The van der Waals surface area contributed by atoms with Gasteiger partial charge in [-0.1, -0.05) is 32.0 Å². The summed E-state index contributed by atoms with van der Waals surface area (Å²) in [5.74, 6) is -2.10. The predicted octanol–water partition coefficient (Wildman–Crippen LogP) is 4.30. The number of benzene rings is 3. The highest BCUT2D eigenvalue weighted by Crippen LogP contribution is 2.38. The number of halogens is 3. The topological polar surface area (TPSA) is 183 Å². The molecule has 1 N–H and O–H groups in total. The number of carbonyl (C=O) groups is 5. The van der Waals surface area contributed by atoms with Crippen LogP contribution in [0.5, 0.6) is 17.2 Å². The number of likely N-dealkylation sites (tertiary alicyclic amines) is 1. The summed E-state index contributed by atoms with van der Waals surface area (Å²) >= 11 is 0. The Balaban J connectivity index is 0.820. The van der Waals surface area contributed by atoms with Crippen LogP contribution in [0.15, 0.2) is 60.7 Å². The van der Waals surface area contributed by atoms with E-state index in [0.717, 1.165) is 22.6 Å². The van der Waals surface area contributed by atoms with Crippen molar-refractivity contribution < 1.29 is 65.6 Å². The first-order chi connectivity index (χ1) is 28.7. The van der Waals surface area contributed by atoms with E-state index in [4.69, 9.17) is 33.7 Å². The molecule has 5 amide bonds. The molecule has 2 atom stereocenters. The number of hydrogen-bond donors (Lipinski definition) is 1. The number of imide groups is 2. The maximum absolute atomic E-state index is 13.5. The lowest BCUT2D eigenvalue weighted by Crippen LogP contribution is -2.54. The van der Waals surface area contributed by atoms with Gasteiger partial charge in [0.05, 0.1) is 68.0 Å². The summed E-state index contributed by atoms with van der Waals surface area (Å²) in [4.78, 5) is 65.8. The van der Waals surface area contributed by atoms with E-state index in [9.17, 15) is 37.1 Å². The lowest BCUT2D eigenvalue weighted by Gasteiger charge is -2.27. The zero-order valence-electron chi connectivity index (χ0n) is 32.9. The second-order valence-corrected chi connectivity index (χ2v) is 14.8. The molecule has 2 saturated heterocycles. The number of ether oxygens (including phenoxy) is 6. The Morgan fingerprint density at radius 2 is 1.45 bits per heavy atom. The van der Waals surface area contributed by atoms with E-state index in [1.54, 1.807) is 29.2 Å². The molecule has 0 saturated carbocycles. The molecular formula is C42H43F3N4O11. The van der Waals surface area contributed by atoms with E-state index in [0.29, 0.717) is 38.7 Å². The fraction of sp³-hybridized carbons (Fsp3) is 0.429. The van der Waals surface area contributed by atoms with Crippen molar-refractivity contribution in [3.05, 3.63) is 88.5 Å². The molecule has 3 aliphatic rings. The van der Waals surface area contributed by atoms with Gasteiger partial charge in [0.2, 0.25) is 11.8 Å². The van der Waals surface area contributed by atoms with Gasteiger partial charge < -0.3 is 33.3 Å². The number of nitrogens with zero attached hydrogens (tertiary/aromatic N) is 3. The minimum Gasteiger partial charge on any atom is -0.491 e. The summed E-state index contributed by atoms with van der Waals surface area (Å²) in [5, 5.41) is 11.2. The van der Waals surface area contributed by atoms with Crippen molar-refractivity contribution in [2.24, 2.45) is 5.41 Å².